The number of ether oxygens (including phenoxy) is 3. The second-order valence-electron chi connectivity index (χ2n) is 7.14. The lowest BCUT2D eigenvalue weighted by molar-refractivity contribution is 0.122. The Hall–Kier alpha value is -3.85. The monoisotopic (exact) mass is 435 g/mol. The number of hydrogen-bond acceptors (Lipinski definition) is 7. The van der Waals surface area contributed by atoms with Gasteiger partial charge in [0.15, 0.2) is 5.82 Å². The fourth-order valence-electron chi connectivity index (χ4n) is 3.37. The van der Waals surface area contributed by atoms with E-state index in [1.807, 2.05) is 36.4 Å². The molecule has 2 amide bonds. The molecule has 0 radical (unpaired) electrons. The molecule has 1 fully saturated rings. The summed E-state index contributed by atoms with van der Waals surface area (Å²) in [5, 5.41) is 14.3. The first-order valence-electron chi connectivity index (χ1n) is 10.2. The van der Waals surface area contributed by atoms with Gasteiger partial charge in [0.05, 0.1) is 33.1 Å². The molecule has 32 heavy (non-hydrogen) atoms. The number of carbonyl (C=O) groups excluding carboxylic acids is 1. The van der Waals surface area contributed by atoms with E-state index in [2.05, 4.69) is 25.7 Å². The van der Waals surface area contributed by atoms with Gasteiger partial charge in [0.25, 0.3) is 0 Å². The Balaban J connectivity index is 1.43. The van der Waals surface area contributed by atoms with Crippen LogP contribution in [0.25, 0.3) is 11.3 Å². The molecular formula is C23H25N5O4. The number of rotatable bonds is 6. The molecule has 0 spiro atoms. The largest absolute Gasteiger partial charge is 0.497 e. The first-order chi connectivity index (χ1) is 15.6. The van der Waals surface area contributed by atoms with Gasteiger partial charge in [0.1, 0.15) is 11.5 Å². The summed E-state index contributed by atoms with van der Waals surface area (Å²) in [7, 11) is 3.11. The zero-order valence-electron chi connectivity index (χ0n) is 18.0. The van der Waals surface area contributed by atoms with Crippen LogP contribution in [-0.4, -0.2) is 56.8 Å². The molecule has 2 N–H and O–H groups in total. The average Bonchev–Trinajstić information content (AvgIpc) is 2.84. The van der Waals surface area contributed by atoms with Crippen molar-refractivity contribution in [1.82, 2.24) is 10.2 Å². The zero-order valence-corrected chi connectivity index (χ0v) is 18.0. The molecule has 1 aliphatic rings. The lowest BCUT2D eigenvalue weighted by Gasteiger charge is -2.27. The van der Waals surface area contributed by atoms with Gasteiger partial charge in [0.2, 0.25) is 0 Å². The van der Waals surface area contributed by atoms with E-state index in [1.165, 1.54) is 0 Å². The molecule has 2 heterocycles. The maximum Gasteiger partial charge on any atom is 0.323 e. The molecule has 0 saturated carbocycles. The highest BCUT2D eigenvalue weighted by Crippen LogP contribution is 2.26. The Morgan fingerprint density at radius 2 is 1.62 bits per heavy atom. The first-order valence-corrected chi connectivity index (χ1v) is 10.2. The number of anilines is 3. The van der Waals surface area contributed by atoms with Gasteiger partial charge in [-0.1, -0.05) is 12.1 Å². The Kier molecular flexibility index (Phi) is 6.66. The Morgan fingerprint density at radius 1 is 0.906 bits per heavy atom. The quantitative estimate of drug-likeness (QED) is 0.610. The summed E-state index contributed by atoms with van der Waals surface area (Å²) in [4.78, 5) is 14.7. The molecule has 0 unspecified atom stereocenters. The fourth-order valence-corrected chi connectivity index (χ4v) is 3.37. The van der Waals surface area contributed by atoms with E-state index in [1.54, 1.807) is 32.4 Å². The van der Waals surface area contributed by atoms with Gasteiger partial charge in [-0.15, -0.1) is 10.2 Å². The lowest BCUT2D eigenvalue weighted by atomic mass is 10.1. The van der Waals surface area contributed by atoms with E-state index in [9.17, 15) is 4.79 Å². The summed E-state index contributed by atoms with van der Waals surface area (Å²) >= 11 is 0. The molecule has 166 valence electrons. The van der Waals surface area contributed by atoms with Crippen molar-refractivity contribution >= 4 is 23.2 Å². The van der Waals surface area contributed by atoms with Crippen LogP contribution in [0.4, 0.5) is 22.0 Å². The van der Waals surface area contributed by atoms with Gasteiger partial charge in [-0.05, 0) is 24.3 Å². The van der Waals surface area contributed by atoms with Crippen LogP contribution in [0, 0.1) is 0 Å². The SMILES string of the molecule is COc1cc(NC(=O)Nc2cccc(-c3ccc(N4CCOCC4)nn3)c2)cc(OC)c1. The maximum atomic E-state index is 12.5. The second-order valence-corrected chi connectivity index (χ2v) is 7.14. The summed E-state index contributed by atoms with van der Waals surface area (Å²) < 4.78 is 15.8. The number of aromatic nitrogens is 2. The summed E-state index contributed by atoms with van der Waals surface area (Å²) in [6.45, 7) is 3.01. The van der Waals surface area contributed by atoms with Crippen LogP contribution in [0.5, 0.6) is 11.5 Å². The van der Waals surface area contributed by atoms with E-state index in [0.717, 1.165) is 30.2 Å². The zero-order chi connectivity index (χ0) is 22.3. The second kappa shape index (κ2) is 9.97. The van der Waals surface area contributed by atoms with E-state index < -0.39 is 0 Å². The molecule has 1 aliphatic heterocycles. The van der Waals surface area contributed by atoms with Crippen LogP contribution in [0.1, 0.15) is 0 Å². The van der Waals surface area contributed by atoms with Crippen LogP contribution >= 0.6 is 0 Å². The van der Waals surface area contributed by atoms with E-state index >= 15 is 0 Å². The number of urea groups is 1. The van der Waals surface area contributed by atoms with Gasteiger partial charge >= 0.3 is 6.03 Å². The summed E-state index contributed by atoms with van der Waals surface area (Å²) in [5.41, 5.74) is 2.77. The smallest absolute Gasteiger partial charge is 0.323 e. The number of methoxy groups -OCH3 is 2. The van der Waals surface area contributed by atoms with Crippen molar-refractivity contribution in [1.29, 1.82) is 0 Å². The van der Waals surface area contributed by atoms with Gasteiger partial charge in [-0.3, -0.25) is 0 Å². The molecule has 4 rings (SSSR count). The third-order valence-corrected chi connectivity index (χ3v) is 5.01. The predicted molar refractivity (Wildman–Crippen MR) is 123 cm³/mol. The first kappa shape index (κ1) is 21.4. The average molecular weight is 435 g/mol. The summed E-state index contributed by atoms with van der Waals surface area (Å²) in [6, 6.07) is 16.1. The third-order valence-electron chi connectivity index (χ3n) is 5.01. The Bertz CT molecular complexity index is 1050. The molecule has 1 saturated heterocycles. The van der Waals surface area contributed by atoms with Crippen LogP contribution < -0.4 is 25.0 Å². The molecule has 0 atom stereocenters. The fraction of sp³-hybridized carbons (Fsp3) is 0.261. The van der Waals surface area contributed by atoms with Crippen LogP contribution in [0.3, 0.4) is 0 Å². The third kappa shape index (κ3) is 5.25. The van der Waals surface area contributed by atoms with E-state index in [-0.39, 0.29) is 6.03 Å². The molecular weight excluding hydrogens is 410 g/mol. The van der Waals surface area contributed by atoms with Crippen molar-refractivity contribution in [3.63, 3.8) is 0 Å². The van der Waals surface area contributed by atoms with Crippen LogP contribution in [-0.2, 0) is 4.74 Å². The molecule has 9 nitrogen and oxygen atoms in total. The highest BCUT2D eigenvalue weighted by Gasteiger charge is 2.13. The highest BCUT2D eigenvalue weighted by molar-refractivity contribution is 6.00. The minimum atomic E-state index is -0.383. The standard InChI is InChI=1S/C23H25N5O4/c1-30-19-13-18(14-20(15-19)31-2)25-23(29)24-17-5-3-4-16(12-17)21-6-7-22(27-26-21)28-8-10-32-11-9-28/h3-7,12-15H,8-11H2,1-2H3,(H2,24,25,29). The van der Waals surface area contributed by atoms with Crippen molar-refractivity contribution in [2.45, 2.75) is 0 Å². The van der Waals surface area contributed by atoms with Gasteiger partial charge in [-0.2, -0.15) is 0 Å². The van der Waals surface area contributed by atoms with Crippen molar-refractivity contribution < 1.29 is 19.0 Å². The van der Waals surface area contributed by atoms with Crippen LogP contribution in [0.15, 0.2) is 54.6 Å². The molecule has 2 aromatic carbocycles. The van der Waals surface area contributed by atoms with Crippen molar-refractivity contribution in [3.05, 3.63) is 54.6 Å². The Morgan fingerprint density at radius 3 is 2.28 bits per heavy atom. The van der Waals surface area contributed by atoms with Crippen molar-refractivity contribution in [3.8, 4) is 22.8 Å². The van der Waals surface area contributed by atoms with E-state index in [4.69, 9.17) is 14.2 Å². The van der Waals surface area contributed by atoms with Crippen molar-refractivity contribution in [2.24, 2.45) is 0 Å². The number of nitrogens with zero attached hydrogens (tertiary/aromatic N) is 3. The van der Waals surface area contributed by atoms with Gasteiger partial charge in [-0.25, -0.2) is 4.79 Å². The van der Waals surface area contributed by atoms with Crippen molar-refractivity contribution in [2.75, 3.05) is 56.1 Å². The number of amides is 2. The maximum absolute atomic E-state index is 12.5. The number of carbonyl (C=O) groups is 1. The minimum absolute atomic E-state index is 0.383. The van der Waals surface area contributed by atoms with Crippen LogP contribution in [0.2, 0.25) is 0 Å². The van der Waals surface area contributed by atoms with Gasteiger partial charge < -0.3 is 29.7 Å². The highest BCUT2D eigenvalue weighted by atomic mass is 16.5. The lowest BCUT2D eigenvalue weighted by Crippen LogP contribution is -2.36. The molecule has 0 bridgehead atoms. The number of benzene rings is 2. The molecule has 3 aromatic rings. The normalized spacial score (nSPS) is 13.4. The summed E-state index contributed by atoms with van der Waals surface area (Å²) in [5.74, 6) is 2.00. The predicted octanol–water partition coefficient (Wildman–Crippen LogP) is 3.64. The van der Waals surface area contributed by atoms with E-state index in [0.29, 0.717) is 36.1 Å². The molecule has 9 heteroatoms. The number of hydrogen-bond donors (Lipinski definition) is 2. The number of morpholine rings is 1. The van der Waals surface area contributed by atoms with Gasteiger partial charge in [0, 0.05) is 48.2 Å². The topological polar surface area (TPSA) is 97.8 Å². The Labute approximate surface area is 186 Å². The minimum Gasteiger partial charge on any atom is -0.497 e. The summed E-state index contributed by atoms with van der Waals surface area (Å²) in [6.07, 6.45) is 0. The molecule has 0 aliphatic carbocycles. The molecule has 1 aromatic heterocycles. The number of nitrogens with one attached hydrogen (secondary N) is 2.